The molecule has 0 saturated carbocycles. The Hall–Kier alpha value is -1.65. The van der Waals surface area contributed by atoms with Crippen molar-refractivity contribution in [3.8, 4) is 0 Å². The van der Waals surface area contributed by atoms with E-state index in [-0.39, 0.29) is 17.3 Å². The van der Waals surface area contributed by atoms with Gasteiger partial charge in [-0.2, -0.15) is 0 Å². The first-order valence-electron chi connectivity index (χ1n) is 6.38. The molecule has 0 aromatic carbocycles. The minimum Gasteiger partial charge on any atom is -0.469 e. The topological polar surface area (TPSA) is 55.3 Å². The Morgan fingerprint density at radius 1 is 1.47 bits per heavy atom. The lowest BCUT2D eigenvalue weighted by Crippen LogP contribution is -2.30. The van der Waals surface area contributed by atoms with Crippen molar-refractivity contribution in [1.82, 2.24) is 9.97 Å². The second-order valence-electron chi connectivity index (χ2n) is 5.79. The molecule has 1 aromatic heterocycles. The molecule has 0 aliphatic heterocycles. The minimum absolute atomic E-state index is 0.0924. The number of methoxy groups -OCH3 is 1. The highest BCUT2D eigenvalue weighted by Gasteiger charge is 2.20. The van der Waals surface area contributed by atoms with E-state index in [1.807, 2.05) is 24.9 Å². The van der Waals surface area contributed by atoms with Crippen molar-refractivity contribution >= 4 is 11.8 Å². The summed E-state index contributed by atoms with van der Waals surface area (Å²) in [7, 11) is 3.31. The molecule has 0 radical (unpaired) electrons. The highest BCUT2D eigenvalue weighted by atomic mass is 16.5. The number of carbonyl (C=O) groups excluding carboxylic acids is 1. The van der Waals surface area contributed by atoms with Gasteiger partial charge in [-0.15, -0.1) is 0 Å². The lowest BCUT2D eigenvalue weighted by Gasteiger charge is -2.23. The first-order chi connectivity index (χ1) is 8.75. The monoisotopic (exact) mass is 265 g/mol. The largest absolute Gasteiger partial charge is 0.469 e. The fourth-order valence-electron chi connectivity index (χ4n) is 1.70. The molecule has 1 atom stereocenters. The second-order valence-corrected chi connectivity index (χ2v) is 5.79. The summed E-state index contributed by atoms with van der Waals surface area (Å²) < 4.78 is 4.73. The second kappa shape index (κ2) is 5.99. The van der Waals surface area contributed by atoms with Crippen LogP contribution in [0.1, 0.15) is 33.5 Å². The van der Waals surface area contributed by atoms with Crippen molar-refractivity contribution in [2.24, 2.45) is 5.92 Å². The molecule has 5 nitrogen and oxygen atoms in total. The van der Waals surface area contributed by atoms with E-state index in [2.05, 4.69) is 30.7 Å². The Kier molecular flexibility index (Phi) is 4.86. The molecule has 0 aliphatic rings. The SMILES string of the molecule is COC(=O)[C@H](C)CN(C)c1ccnc(C(C)(C)C)n1. The number of nitrogens with zero attached hydrogens (tertiary/aromatic N) is 3. The molecule has 0 spiro atoms. The van der Waals surface area contributed by atoms with E-state index in [1.54, 1.807) is 6.20 Å². The standard InChI is InChI=1S/C14H23N3O2/c1-10(12(18)19-6)9-17(5)11-7-8-15-13(16-11)14(2,3)4/h7-8,10H,9H2,1-6H3/t10-/m1/s1. The number of ether oxygens (including phenoxy) is 1. The molecule has 0 amide bonds. The van der Waals surface area contributed by atoms with Crippen molar-refractivity contribution < 1.29 is 9.53 Å². The quantitative estimate of drug-likeness (QED) is 0.780. The summed E-state index contributed by atoms with van der Waals surface area (Å²) in [6.07, 6.45) is 1.75. The third-order valence-corrected chi connectivity index (χ3v) is 2.85. The van der Waals surface area contributed by atoms with Crippen LogP contribution in [0.25, 0.3) is 0 Å². The van der Waals surface area contributed by atoms with Gasteiger partial charge in [-0.3, -0.25) is 4.79 Å². The summed E-state index contributed by atoms with van der Waals surface area (Å²) in [5.41, 5.74) is -0.0924. The molecule has 0 fully saturated rings. The van der Waals surface area contributed by atoms with E-state index in [0.29, 0.717) is 6.54 Å². The Bertz CT molecular complexity index is 441. The van der Waals surface area contributed by atoms with E-state index in [9.17, 15) is 4.79 Å². The van der Waals surface area contributed by atoms with Gasteiger partial charge in [0.2, 0.25) is 0 Å². The summed E-state index contributed by atoms with van der Waals surface area (Å²) in [5, 5.41) is 0. The van der Waals surface area contributed by atoms with Crippen molar-refractivity contribution in [1.29, 1.82) is 0 Å². The van der Waals surface area contributed by atoms with Crippen LogP contribution in [0.4, 0.5) is 5.82 Å². The van der Waals surface area contributed by atoms with Gasteiger partial charge in [-0.05, 0) is 6.07 Å². The van der Waals surface area contributed by atoms with Crippen LogP contribution in [0.3, 0.4) is 0 Å². The van der Waals surface area contributed by atoms with Gasteiger partial charge in [0.1, 0.15) is 11.6 Å². The average Bonchev–Trinajstić information content (AvgIpc) is 2.36. The maximum atomic E-state index is 11.4. The molecule has 0 aliphatic carbocycles. The molecule has 1 heterocycles. The van der Waals surface area contributed by atoms with Gasteiger partial charge in [0.05, 0.1) is 13.0 Å². The van der Waals surface area contributed by atoms with Crippen molar-refractivity contribution in [3.05, 3.63) is 18.1 Å². The van der Waals surface area contributed by atoms with Crippen LogP contribution in [0, 0.1) is 5.92 Å². The molecule has 0 N–H and O–H groups in total. The number of hydrogen-bond donors (Lipinski definition) is 0. The smallest absolute Gasteiger partial charge is 0.310 e. The van der Waals surface area contributed by atoms with Gasteiger partial charge < -0.3 is 9.64 Å². The van der Waals surface area contributed by atoms with Crippen LogP contribution in [0.2, 0.25) is 0 Å². The molecule has 5 heteroatoms. The van der Waals surface area contributed by atoms with Crippen LogP contribution >= 0.6 is 0 Å². The lowest BCUT2D eigenvalue weighted by molar-refractivity contribution is -0.144. The fraction of sp³-hybridized carbons (Fsp3) is 0.643. The van der Waals surface area contributed by atoms with Crippen LogP contribution < -0.4 is 4.90 Å². The summed E-state index contributed by atoms with van der Waals surface area (Å²) >= 11 is 0. The summed E-state index contributed by atoms with van der Waals surface area (Å²) in [4.78, 5) is 22.2. The predicted molar refractivity (Wildman–Crippen MR) is 75.2 cm³/mol. The fourth-order valence-corrected chi connectivity index (χ4v) is 1.70. The molecule has 106 valence electrons. The van der Waals surface area contributed by atoms with Crippen LogP contribution in [-0.2, 0) is 14.9 Å². The van der Waals surface area contributed by atoms with Gasteiger partial charge >= 0.3 is 5.97 Å². The first-order valence-corrected chi connectivity index (χ1v) is 6.38. The Labute approximate surface area is 115 Å². The number of anilines is 1. The van der Waals surface area contributed by atoms with Gasteiger partial charge in [0.15, 0.2) is 0 Å². The van der Waals surface area contributed by atoms with E-state index in [1.165, 1.54) is 7.11 Å². The Morgan fingerprint density at radius 3 is 2.63 bits per heavy atom. The molecule has 0 saturated heterocycles. The Morgan fingerprint density at radius 2 is 2.11 bits per heavy atom. The maximum absolute atomic E-state index is 11.4. The zero-order valence-corrected chi connectivity index (χ0v) is 12.6. The molecule has 1 rings (SSSR count). The van der Waals surface area contributed by atoms with Crippen LogP contribution in [0.15, 0.2) is 12.3 Å². The predicted octanol–water partition coefficient (Wildman–Crippen LogP) is 2.02. The minimum atomic E-state index is -0.211. The third kappa shape index (κ3) is 4.19. The molecule has 0 unspecified atom stereocenters. The van der Waals surface area contributed by atoms with Gasteiger partial charge in [0.25, 0.3) is 0 Å². The highest BCUT2D eigenvalue weighted by Crippen LogP contribution is 2.20. The van der Waals surface area contributed by atoms with E-state index in [4.69, 9.17) is 4.74 Å². The van der Waals surface area contributed by atoms with Crippen LogP contribution in [0.5, 0.6) is 0 Å². The number of aromatic nitrogens is 2. The summed E-state index contributed by atoms with van der Waals surface area (Å²) in [6, 6.07) is 1.85. The average molecular weight is 265 g/mol. The normalized spacial score (nSPS) is 12.9. The summed E-state index contributed by atoms with van der Waals surface area (Å²) in [5.74, 6) is 1.21. The molecule has 19 heavy (non-hydrogen) atoms. The Balaban J connectivity index is 2.83. The summed E-state index contributed by atoms with van der Waals surface area (Å²) in [6.45, 7) is 8.62. The zero-order valence-electron chi connectivity index (χ0n) is 12.6. The number of esters is 1. The molecule has 0 bridgehead atoms. The van der Waals surface area contributed by atoms with E-state index in [0.717, 1.165) is 11.6 Å². The van der Waals surface area contributed by atoms with E-state index >= 15 is 0 Å². The van der Waals surface area contributed by atoms with Gasteiger partial charge in [0, 0.05) is 25.2 Å². The first kappa shape index (κ1) is 15.4. The zero-order chi connectivity index (χ0) is 14.6. The highest BCUT2D eigenvalue weighted by molar-refractivity contribution is 5.72. The maximum Gasteiger partial charge on any atom is 0.310 e. The van der Waals surface area contributed by atoms with Crippen molar-refractivity contribution in [2.45, 2.75) is 33.1 Å². The van der Waals surface area contributed by atoms with Gasteiger partial charge in [-0.1, -0.05) is 27.7 Å². The molecular formula is C14H23N3O2. The molecular weight excluding hydrogens is 242 g/mol. The molecule has 1 aromatic rings. The van der Waals surface area contributed by atoms with Crippen LogP contribution in [-0.4, -0.2) is 36.6 Å². The lowest BCUT2D eigenvalue weighted by atomic mass is 9.96. The van der Waals surface area contributed by atoms with Crippen molar-refractivity contribution in [2.75, 3.05) is 25.6 Å². The number of rotatable bonds is 4. The van der Waals surface area contributed by atoms with Crippen molar-refractivity contribution in [3.63, 3.8) is 0 Å². The van der Waals surface area contributed by atoms with Gasteiger partial charge in [-0.25, -0.2) is 9.97 Å². The number of carbonyl (C=O) groups is 1. The van der Waals surface area contributed by atoms with E-state index < -0.39 is 0 Å². The third-order valence-electron chi connectivity index (χ3n) is 2.85. The number of hydrogen-bond acceptors (Lipinski definition) is 5.